The number of alkyl halides is 1. The smallest absolute Gasteiger partial charge is 0.127 e. The van der Waals surface area contributed by atoms with Gasteiger partial charge in [0.1, 0.15) is 6.17 Å². The molecule has 7 atom stereocenters. The lowest BCUT2D eigenvalue weighted by molar-refractivity contribution is 0.0436. The van der Waals surface area contributed by atoms with Crippen molar-refractivity contribution in [3.8, 4) is 0 Å². The first kappa shape index (κ1) is 24.5. The molecule has 3 rings (SSSR count). The lowest BCUT2D eigenvalue weighted by Gasteiger charge is -2.44. The van der Waals surface area contributed by atoms with Crippen LogP contribution in [-0.4, -0.2) is 28.1 Å². The lowest BCUT2D eigenvalue weighted by atomic mass is 9.61. The van der Waals surface area contributed by atoms with Crippen molar-refractivity contribution >= 4 is 0 Å². The van der Waals surface area contributed by atoms with Crippen molar-refractivity contribution in [2.75, 3.05) is 0 Å². The molecule has 0 spiro atoms. The Balaban J connectivity index is 1.76. The van der Waals surface area contributed by atoms with E-state index in [-0.39, 0.29) is 17.8 Å². The van der Waals surface area contributed by atoms with Gasteiger partial charge in [0.25, 0.3) is 0 Å². The molecule has 0 saturated heterocycles. The summed E-state index contributed by atoms with van der Waals surface area (Å²) in [4.78, 5) is 0. The highest BCUT2D eigenvalue weighted by molar-refractivity contribution is 5.38. The Kier molecular flexibility index (Phi) is 7.38. The van der Waals surface area contributed by atoms with Crippen molar-refractivity contribution in [2.45, 2.75) is 97.4 Å². The summed E-state index contributed by atoms with van der Waals surface area (Å²) in [5.41, 5.74) is 2.51. The Bertz CT molecular complexity index is 755. The summed E-state index contributed by atoms with van der Waals surface area (Å²) < 4.78 is 14.1. The van der Waals surface area contributed by atoms with E-state index in [1.54, 1.807) is 0 Å². The van der Waals surface area contributed by atoms with Crippen molar-refractivity contribution in [1.29, 1.82) is 0 Å². The molecule has 174 valence electrons. The van der Waals surface area contributed by atoms with Crippen molar-refractivity contribution in [3.05, 3.63) is 47.6 Å². The molecule has 3 aliphatic carbocycles. The third-order valence-corrected chi connectivity index (χ3v) is 8.71. The van der Waals surface area contributed by atoms with E-state index < -0.39 is 17.9 Å². The summed E-state index contributed by atoms with van der Waals surface area (Å²) in [6, 6.07) is 0. The quantitative estimate of drug-likeness (QED) is 0.476. The molecule has 2 N–H and O–H groups in total. The van der Waals surface area contributed by atoms with Crippen molar-refractivity contribution in [2.24, 2.45) is 29.1 Å². The van der Waals surface area contributed by atoms with E-state index in [4.69, 9.17) is 0 Å². The number of aliphatic hydroxyl groups excluding tert-OH is 1. The molecule has 0 amide bonds. The summed E-state index contributed by atoms with van der Waals surface area (Å²) >= 11 is 0. The van der Waals surface area contributed by atoms with Crippen LogP contribution in [0.3, 0.4) is 0 Å². The second-order valence-electron chi connectivity index (χ2n) is 11.3. The largest absolute Gasteiger partial charge is 0.393 e. The van der Waals surface area contributed by atoms with Crippen LogP contribution >= 0.6 is 0 Å². The minimum Gasteiger partial charge on any atom is -0.393 e. The molecular formula is C28H43FO2. The average Bonchev–Trinajstić information content (AvgIpc) is 3.04. The van der Waals surface area contributed by atoms with Crippen LogP contribution in [0.25, 0.3) is 0 Å². The Labute approximate surface area is 189 Å². The molecule has 0 radical (unpaired) electrons. The summed E-state index contributed by atoms with van der Waals surface area (Å²) in [5.74, 6) is 1.83. The fraction of sp³-hybridized carbons (Fsp3) is 0.714. The molecule has 31 heavy (non-hydrogen) atoms. The third-order valence-electron chi connectivity index (χ3n) is 8.71. The zero-order chi connectivity index (χ0) is 23.0. The Morgan fingerprint density at radius 3 is 2.58 bits per heavy atom. The fourth-order valence-corrected chi connectivity index (χ4v) is 6.29. The second-order valence-corrected chi connectivity index (χ2v) is 11.3. The van der Waals surface area contributed by atoms with Crippen molar-refractivity contribution < 1.29 is 14.6 Å². The first-order valence-electron chi connectivity index (χ1n) is 12.2. The summed E-state index contributed by atoms with van der Waals surface area (Å²) in [7, 11) is 0. The standard InChI is InChI=1S/C28H43FO2/c1-18(9-10-19(2)27(4,5)31)24-13-14-25-21(8-7-15-28(24,25)6)11-12-22-16-23(30)17-26(29)20(22)3/h9-12,18-19,23-26,30-31H,3,7-8,13-17H2,1-2,4-6H3/b10-9+,21-11+,22-12-/t18-,19+,23-,24-,25+,26+,28-/m1/s1. The molecule has 0 aromatic heterocycles. The fourth-order valence-electron chi connectivity index (χ4n) is 6.29. The maximum atomic E-state index is 14.1. The van der Waals surface area contributed by atoms with Gasteiger partial charge in [-0.3, -0.25) is 0 Å². The number of rotatable bonds is 5. The van der Waals surface area contributed by atoms with Gasteiger partial charge in [-0.2, -0.15) is 0 Å². The molecule has 3 saturated carbocycles. The molecule has 2 nitrogen and oxygen atoms in total. The van der Waals surface area contributed by atoms with E-state index in [9.17, 15) is 14.6 Å². The van der Waals surface area contributed by atoms with E-state index in [0.29, 0.717) is 29.7 Å². The minimum atomic E-state index is -1.13. The third kappa shape index (κ3) is 5.25. The van der Waals surface area contributed by atoms with Gasteiger partial charge in [-0.1, -0.05) is 57.2 Å². The van der Waals surface area contributed by atoms with Gasteiger partial charge in [-0.15, -0.1) is 0 Å². The molecule has 0 aromatic carbocycles. The number of halogens is 1. The average molecular weight is 431 g/mol. The zero-order valence-electron chi connectivity index (χ0n) is 20.2. The van der Waals surface area contributed by atoms with Crippen molar-refractivity contribution in [3.63, 3.8) is 0 Å². The predicted molar refractivity (Wildman–Crippen MR) is 127 cm³/mol. The van der Waals surface area contributed by atoms with Gasteiger partial charge >= 0.3 is 0 Å². The topological polar surface area (TPSA) is 40.5 Å². The van der Waals surface area contributed by atoms with Crippen LogP contribution in [0.4, 0.5) is 4.39 Å². The SMILES string of the molecule is C=C1/C(=C\C=C2/CCC[C@]3(C)[C@@H]([C@H](C)/C=C/[C@H](C)C(C)(C)O)CC[C@@H]23)C[C@@H](O)C[C@@H]1F. The van der Waals surface area contributed by atoms with Crippen LogP contribution in [0.5, 0.6) is 0 Å². The number of allylic oxidation sites excluding steroid dienone is 5. The zero-order valence-corrected chi connectivity index (χ0v) is 20.2. The van der Waals surface area contributed by atoms with Crippen LogP contribution in [-0.2, 0) is 0 Å². The molecule has 0 aliphatic heterocycles. The highest BCUT2D eigenvalue weighted by Crippen LogP contribution is 2.59. The van der Waals surface area contributed by atoms with E-state index in [1.165, 1.54) is 31.3 Å². The highest BCUT2D eigenvalue weighted by Gasteiger charge is 2.50. The molecule has 0 unspecified atom stereocenters. The normalized spacial score (nSPS) is 39.3. The van der Waals surface area contributed by atoms with E-state index in [0.717, 1.165) is 12.0 Å². The molecule has 3 heteroatoms. The highest BCUT2D eigenvalue weighted by atomic mass is 19.1. The summed E-state index contributed by atoms with van der Waals surface area (Å²) in [5, 5.41) is 20.2. The first-order chi connectivity index (χ1) is 14.4. The predicted octanol–water partition coefficient (Wildman–Crippen LogP) is 6.70. The molecular weight excluding hydrogens is 387 g/mol. The van der Waals surface area contributed by atoms with E-state index in [1.807, 2.05) is 19.9 Å². The molecule has 0 aromatic rings. The summed E-state index contributed by atoms with van der Waals surface area (Å²) in [6.45, 7) is 14.6. The second kappa shape index (κ2) is 9.35. The van der Waals surface area contributed by atoms with Gasteiger partial charge in [-0.25, -0.2) is 4.39 Å². The first-order valence-corrected chi connectivity index (χ1v) is 12.2. The number of hydrogen-bond acceptors (Lipinski definition) is 2. The minimum absolute atomic E-state index is 0.131. The number of fused-ring (bicyclic) bond motifs is 1. The Morgan fingerprint density at radius 2 is 1.90 bits per heavy atom. The van der Waals surface area contributed by atoms with Crippen LogP contribution in [0, 0.1) is 29.1 Å². The number of hydrogen-bond donors (Lipinski definition) is 2. The number of aliphatic hydroxyl groups is 2. The van der Waals surface area contributed by atoms with E-state index >= 15 is 0 Å². The maximum absolute atomic E-state index is 14.1. The monoisotopic (exact) mass is 430 g/mol. The van der Waals surface area contributed by atoms with Gasteiger partial charge in [0.2, 0.25) is 0 Å². The van der Waals surface area contributed by atoms with Gasteiger partial charge in [0.05, 0.1) is 11.7 Å². The molecule has 3 fully saturated rings. The lowest BCUT2D eigenvalue weighted by Crippen LogP contribution is -2.35. The van der Waals surface area contributed by atoms with Crippen LogP contribution in [0.15, 0.2) is 47.6 Å². The van der Waals surface area contributed by atoms with E-state index in [2.05, 4.69) is 45.6 Å². The Morgan fingerprint density at radius 1 is 1.19 bits per heavy atom. The molecule has 0 bridgehead atoms. The molecule has 3 aliphatic rings. The van der Waals surface area contributed by atoms with Crippen molar-refractivity contribution in [1.82, 2.24) is 0 Å². The van der Waals surface area contributed by atoms with Gasteiger partial charge in [0, 0.05) is 12.3 Å². The van der Waals surface area contributed by atoms with Crippen LogP contribution in [0.2, 0.25) is 0 Å². The van der Waals surface area contributed by atoms with Crippen LogP contribution in [0.1, 0.15) is 79.6 Å². The Hall–Kier alpha value is -1.19. The maximum Gasteiger partial charge on any atom is 0.127 e. The molecule has 0 heterocycles. The van der Waals surface area contributed by atoms with Gasteiger partial charge in [-0.05, 0) is 86.7 Å². The summed E-state index contributed by atoms with van der Waals surface area (Å²) in [6.07, 6.45) is 13.8. The van der Waals surface area contributed by atoms with Crippen LogP contribution < -0.4 is 0 Å². The van der Waals surface area contributed by atoms with Gasteiger partial charge in [0.15, 0.2) is 0 Å². The van der Waals surface area contributed by atoms with Gasteiger partial charge < -0.3 is 10.2 Å².